The van der Waals surface area contributed by atoms with Crippen molar-refractivity contribution in [3.8, 4) is 0 Å². The molecule has 2 atom stereocenters. The molecule has 1 N–H and O–H groups in total. The van der Waals surface area contributed by atoms with Crippen molar-refractivity contribution in [3.05, 3.63) is 29.6 Å². The topological polar surface area (TPSA) is 57.7 Å². The van der Waals surface area contributed by atoms with E-state index in [9.17, 15) is 4.79 Å². The third kappa shape index (κ3) is 3.51. The number of amides is 2. The fourth-order valence-electron chi connectivity index (χ4n) is 4.51. The van der Waals surface area contributed by atoms with Gasteiger partial charge >= 0.3 is 6.03 Å². The molecule has 0 unspecified atom stereocenters. The Hall–Kier alpha value is -1.66. The molecule has 3 aliphatic rings. The molecule has 0 spiro atoms. The number of urea groups is 1. The molecule has 2 amide bonds. The zero-order valence-electron chi connectivity index (χ0n) is 15.0. The summed E-state index contributed by atoms with van der Waals surface area (Å²) < 4.78 is 5.78. The Labute approximate surface area is 149 Å². The molecule has 3 saturated heterocycles. The fraction of sp³-hybridized carbons (Fsp3) is 0.684. The number of carbonyl (C=O) groups excluding carboxylic acids is 1. The van der Waals surface area contributed by atoms with Gasteiger partial charge in [0.05, 0.1) is 18.9 Å². The molecule has 4 rings (SSSR count). The minimum absolute atomic E-state index is 0.0548. The van der Waals surface area contributed by atoms with E-state index in [1.807, 2.05) is 17.9 Å². The van der Waals surface area contributed by atoms with E-state index in [0.717, 1.165) is 70.2 Å². The Morgan fingerprint density at radius 1 is 1.40 bits per heavy atom. The SMILES string of the molecule is Cc1cccc(CN2C[C@@H]3COC[C@]3(CNC(=O)N3CCCC3)C2)n1. The Bertz CT molecular complexity index is 632. The second kappa shape index (κ2) is 6.92. The Morgan fingerprint density at radius 3 is 3.04 bits per heavy atom. The predicted molar refractivity (Wildman–Crippen MR) is 95.2 cm³/mol. The van der Waals surface area contributed by atoms with Crippen molar-refractivity contribution >= 4 is 6.03 Å². The van der Waals surface area contributed by atoms with Crippen molar-refractivity contribution in [2.75, 3.05) is 45.9 Å². The highest BCUT2D eigenvalue weighted by molar-refractivity contribution is 5.74. The molecule has 3 fully saturated rings. The van der Waals surface area contributed by atoms with Gasteiger partial charge in [0.1, 0.15) is 0 Å². The molecule has 0 saturated carbocycles. The second-order valence-corrected chi connectivity index (χ2v) is 7.87. The van der Waals surface area contributed by atoms with E-state index in [1.54, 1.807) is 0 Å². The first-order valence-electron chi connectivity index (χ1n) is 9.40. The largest absolute Gasteiger partial charge is 0.380 e. The molecule has 0 aromatic carbocycles. The van der Waals surface area contributed by atoms with Gasteiger partial charge in [-0.05, 0) is 31.9 Å². The number of carbonyl (C=O) groups is 1. The molecule has 3 aliphatic heterocycles. The molecular formula is C19H28N4O2. The van der Waals surface area contributed by atoms with Gasteiger partial charge in [-0.25, -0.2) is 4.79 Å². The zero-order chi connectivity index (χ0) is 17.3. The maximum atomic E-state index is 12.3. The lowest BCUT2D eigenvalue weighted by atomic mass is 9.81. The van der Waals surface area contributed by atoms with E-state index in [1.165, 1.54) is 0 Å². The van der Waals surface area contributed by atoms with Gasteiger partial charge in [0.15, 0.2) is 0 Å². The van der Waals surface area contributed by atoms with E-state index in [0.29, 0.717) is 12.5 Å². The number of hydrogen-bond acceptors (Lipinski definition) is 4. The molecule has 4 heterocycles. The van der Waals surface area contributed by atoms with Crippen molar-refractivity contribution in [1.82, 2.24) is 20.1 Å². The number of nitrogens with zero attached hydrogens (tertiary/aromatic N) is 3. The van der Waals surface area contributed by atoms with E-state index >= 15 is 0 Å². The summed E-state index contributed by atoms with van der Waals surface area (Å²) in [6.07, 6.45) is 2.25. The smallest absolute Gasteiger partial charge is 0.317 e. The van der Waals surface area contributed by atoms with Crippen molar-refractivity contribution in [3.63, 3.8) is 0 Å². The van der Waals surface area contributed by atoms with Crippen LogP contribution in [-0.4, -0.2) is 66.8 Å². The van der Waals surface area contributed by atoms with Crippen LogP contribution in [0.3, 0.4) is 0 Å². The van der Waals surface area contributed by atoms with Gasteiger partial charge in [0, 0.05) is 56.3 Å². The average molecular weight is 344 g/mol. The maximum absolute atomic E-state index is 12.3. The number of pyridine rings is 1. The van der Waals surface area contributed by atoms with E-state index in [-0.39, 0.29) is 11.4 Å². The molecule has 6 nitrogen and oxygen atoms in total. The van der Waals surface area contributed by atoms with Gasteiger partial charge in [-0.15, -0.1) is 0 Å². The van der Waals surface area contributed by atoms with Crippen LogP contribution in [0.2, 0.25) is 0 Å². The zero-order valence-corrected chi connectivity index (χ0v) is 15.0. The number of ether oxygens (including phenoxy) is 1. The summed E-state index contributed by atoms with van der Waals surface area (Å²) in [5.41, 5.74) is 2.24. The van der Waals surface area contributed by atoms with E-state index < -0.39 is 0 Å². The number of hydrogen-bond donors (Lipinski definition) is 1. The summed E-state index contributed by atoms with van der Waals surface area (Å²) in [6, 6.07) is 6.30. The van der Waals surface area contributed by atoms with Gasteiger partial charge in [0.25, 0.3) is 0 Å². The van der Waals surface area contributed by atoms with E-state index in [4.69, 9.17) is 4.74 Å². The van der Waals surface area contributed by atoms with Gasteiger partial charge in [0.2, 0.25) is 0 Å². The summed E-state index contributed by atoms with van der Waals surface area (Å²) in [4.78, 5) is 21.4. The minimum atomic E-state index is 0.0548. The van der Waals surface area contributed by atoms with Crippen molar-refractivity contribution in [2.24, 2.45) is 11.3 Å². The highest BCUT2D eigenvalue weighted by Gasteiger charge is 2.50. The predicted octanol–water partition coefficient (Wildman–Crippen LogP) is 1.64. The van der Waals surface area contributed by atoms with Crippen LogP contribution in [-0.2, 0) is 11.3 Å². The number of likely N-dealkylation sites (tertiary alicyclic amines) is 2. The summed E-state index contributed by atoms with van der Waals surface area (Å²) in [7, 11) is 0. The standard InChI is InChI=1S/C19H28N4O2/c1-15-5-4-6-17(21-15)10-22-9-16-11-25-14-19(16,13-22)12-20-18(24)23-7-2-3-8-23/h4-6,16H,2-3,7-14H2,1H3,(H,20,24)/t16-,19+/m1/s1. The lowest BCUT2D eigenvalue weighted by Gasteiger charge is -2.29. The van der Waals surface area contributed by atoms with Gasteiger partial charge in [-0.1, -0.05) is 6.07 Å². The normalized spacial score (nSPS) is 29.2. The Kier molecular flexibility index (Phi) is 4.65. The van der Waals surface area contributed by atoms with E-state index in [2.05, 4.69) is 27.3 Å². The summed E-state index contributed by atoms with van der Waals surface area (Å²) in [6.45, 7) is 8.94. The monoisotopic (exact) mass is 344 g/mol. The number of rotatable bonds is 4. The first-order valence-corrected chi connectivity index (χ1v) is 9.40. The number of aromatic nitrogens is 1. The quantitative estimate of drug-likeness (QED) is 0.902. The average Bonchev–Trinajstić information content (AvgIpc) is 3.28. The Balaban J connectivity index is 1.37. The van der Waals surface area contributed by atoms with Gasteiger partial charge in [-0.2, -0.15) is 0 Å². The molecule has 1 aromatic heterocycles. The Morgan fingerprint density at radius 2 is 2.24 bits per heavy atom. The number of fused-ring (bicyclic) bond motifs is 1. The highest BCUT2D eigenvalue weighted by atomic mass is 16.5. The van der Waals surface area contributed by atoms with Gasteiger partial charge < -0.3 is 15.0 Å². The minimum Gasteiger partial charge on any atom is -0.380 e. The second-order valence-electron chi connectivity index (χ2n) is 7.87. The number of nitrogens with one attached hydrogen (secondary N) is 1. The fourth-order valence-corrected chi connectivity index (χ4v) is 4.51. The summed E-state index contributed by atoms with van der Waals surface area (Å²) >= 11 is 0. The lowest BCUT2D eigenvalue weighted by Crippen LogP contribution is -2.47. The van der Waals surface area contributed by atoms with Crippen LogP contribution in [0.4, 0.5) is 4.79 Å². The first-order chi connectivity index (χ1) is 12.1. The molecular weight excluding hydrogens is 316 g/mol. The van der Waals surface area contributed by atoms with Crippen molar-refractivity contribution in [2.45, 2.75) is 26.3 Å². The van der Waals surface area contributed by atoms with Crippen molar-refractivity contribution < 1.29 is 9.53 Å². The van der Waals surface area contributed by atoms with Crippen LogP contribution in [0.1, 0.15) is 24.2 Å². The van der Waals surface area contributed by atoms with Crippen LogP contribution in [0.15, 0.2) is 18.2 Å². The highest BCUT2D eigenvalue weighted by Crippen LogP contribution is 2.41. The van der Waals surface area contributed by atoms with Crippen LogP contribution in [0, 0.1) is 18.3 Å². The third-order valence-electron chi connectivity index (χ3n) is 5.91. The molecule has 1 aromatic rings. The van der Waals surface area contributed by atoms with Crippen LogP contribution in [0.25, 0.3) is 0 Å². The van der Waals surface area contributed by atoms with Crippen LogP contribution < -0.4 is 5.32 Å². The molecule has 0 radical (unpaired) electrons. The molecule has 136 valence electrons. The third-order valence-corrected chi connectivity index (χ3v) is 5.91. The number of aryl methyl sites for hydroxylation is 1. The van der Waals surface area contributed by atoms with Crippen LogP contribution >= 0.6 is 0 Å². The van der Waals surface area contributed by atoms with Crippen molar-refractivity contribution in [1.29, 1.82) is 0 Å². The maximum Gasteiger partial charge on any atom is 0.317 e. The molecule has 0 aliphatic carbocycles. The first kappa shape index (κ1) is 16.8. The van der Waals surface area contributed by atoms with Gasteiger partial charge in [-0.3, -0.25) is 9.88 Å². The lowest BCUT2D eigenvalue weighted by molar-refractivity contribution is 0.124. The molecule has 25 heavy (non-hydrogen) atoms. The summed E-state index contributed by atoms with van der Waals surface area (Å²) in [5.74, 6) is 0.496. The molecule has 6 heteroatoms. The summed E-state index contributed by atoms with van der Waals surface area (Å²) in [5, 5.41) is 3.19. The molecule has 0 bridgehead atoms. The van der Waals surface area contributed by atoms with Crippen LogP contribution in [0.5, 0.6) is 0 Å².